The Morgan fingerprint density at radius 3 is 0.364 bits per heavy atom. The monoisotopic (exact) mass is 2220 g/mol. The number of esters is 18. The Bertz CT molecular complexity index is 2990. The molecule has 0 heterocycles. The van der Waals surface area contributed by atoms with Crippen LogP contribution in [-0.4, -0.2) is 328 Å². The third kappa shape index (κ3) is 76.6. The molecule has 0 aromatic heterocycles. The minimum Gasteiger partial charge on any atom is -0.465 e. The van der Waals surface area contributed by atoms with Gasteiger partial charge in [0.15, 0.2) is 0 Å². The van der Waals surface area contributed by atoms with E-state index in [0.717, 1.165) is 0 Å². The van der Waals surface area contributed by atoms with Crippen molar-refractivity contribution < 1.29 is 172 Å². The SMILES string of the molecule is CC(S)CC(=O)OCC(COC(=O)CC(C)S)(COC(=O)CC(C)S)COC(=O)CC(C)S.CCC(COC(=O)CCS)(COC(=O)CCS)COC(=O)CCS.CCC(COC(=O)CS)(COC(=O)CS)COC(=O)CS.O=C(CCS)OCC(COC(=O)CCS)(COC(=O)CCS)COC(=O)CCS.O=C(CS)OCC(COC(=O)CS)(COC(=O)CS)COC(=O)CS. The Labute approximate surface area is 871 Å². The van der Waals surface area contributed by atoms with Crippen LogP contribution in [0.25, 0.3) is 0 Å². The molecule has 0 aliphatic carbocycles. The number of ether oxygens (including phenoxy) is 18. The van der Waals surface area contributed by atoms with Crippen LogP contribution < -0.4 is 0 Å². The van der Waals surface area contributed by atoms with Crippen LogP contribution in [0.1, 0.15) is 125 Å². The Balaban J connectivity index is -0.000000513. The maximum absolute atomic E-state index is 12.1. The van der Waals surface area contributed by atoms with Crippen molar-refractivity contribution in [2.45, 2.75) is 146 Å². The molecule has 0 N–H and O–H groups in total. The molecular formula is C78H130O36S18. The van der Waals surface area contributed by atoms with Crippen molar-refractivity contribution in [2.75, 3.05) is 199 Å². The van der Waals surface area contributed by atoms with E-state index in [9.17, 15) is 86.3 Å². The molecule has 766 valence electrons. The Morgan fingerprint density at radius 2 is 0.273 bits per heavy atom. The first kappa shape index (κ1) is 137. The van der Waals surface area contributed by atoms with Crippen LogP contribution in [0, 0.1) is 27.1 Å². The zero-order valence-electron chi connectivity index (χ0n) is 74.4. The van der Waals surface area contributed by atoms with Gasteiger partial charge in [-0.15, -0.1) is 0 Å². The maximum atomic E-state index is 12.1. The van der Waals surface area contributed by atoms with E-state index < -0.39 is 135 Å². The van der Waals surface area contributed by atoms with Gasteiger partial charge in [0.25, 0.3) is 0 Å². The number of carbonyl (C=O) groups excluding carboxylic acids is 18. The summed E-state index contributed by atoms with van der Waals surface area (Å²) in [6.45, 7) is 6.84. The molecule has 0 aliphatic rings. The zero-order chi connectivity index (χ0) is 102. The molecule has 36 nitrogen and oxygen atoms in total. The van der Waals surface area contributed by atoms with E-state index in [1.807, 2.05) is 13.8 Å². The average Bonchev–Trinajstić information content (AvgIpc) is 0.860. The quantitative estimate of drug-likeness (QED) is 0.0165. The minimum atomic E-state index is -1.30. The number of thiol groups is 18. The summed E-state index contributed by atoms with van der Waals surface area (Å²) < 4.78 is 93.1. The third-order valence-electron chi connectivity index (χ3n) is 16.2. The van der Waals surface area contributed by atoms with Gasteiger partial charge in [0.1, 0.15) is 135 Å². The molecule has 0 aliphatic heterocycles. The average molecular weight is 2220 g/mol. The molecule has 132 heavy (non-hydrogen) atoms. The van der Waals surface area contributed by atoms with Crippen LogP contribution >= 0.6 is 227 Å². The molecule has 0 radical (unpaired) electrons. The number of rotatable bonds is 67. The predicted octanol–water partition coefficient (Wildman–Crippen LogP) is 7.04. The Kier molecular flexibility index (Phi) is 88.0. The van der Waals surface area contributed by atoms with Crippen molar-refractivity contribution in [3.8, 4) is 0 Å². The lowest BCUT2D eigenvalue weighted by atomic mass is 9.88. The standard InChI is InChI=1S/C21H36O8S4.C17H28O8S4.C15H26O6S3.C13H20O8S4.C12H20O6S3/c1-13(30)5-17(22)26-9-21(10-27-18(23)6-14(2)31,11-28-19(24)7-15(3)32)12-29-20(25)8-16(4)33;18-13(1-5-26)22-9-17(10-23-14(19)2-6-27,11-24-15(20)3-7-28)12-25-16(21)4-8-29;1-2-15(9-19-12(16)3-6-22,10-20-13(17)4-7-23)11-21-14(18)5-8-24;14-9(1-22)18-5-13(6-19-10(15)2-23,7-20-11(16)3-24)8-21-12(17)4-25;1-2-12(6-16-9(13)3-19,7-17-10(14)4-20)8-18-11(15)5-21/h13-16,30-33H,5-12H2,1-4H3;26-29H,1-12H2;22-24H,2-11H2,1H3;22-25H,1-8H2;19-21H,2-8H2,1H3. The molecule has 4 atom stereocenters. The van der Waals surface area contributed by atoms with E-state index >= 15 is 0 Å². The second-order valence-corrected chi connectivity index (χ2v) is 37.6. The van der Waals surface area contributed by atoms with Crippen LogP contribution in [0.4, 0.5) is 0 Å². The Morgan fingerprint density at radius 1 is 0.174 bits per heavy atom. The fourth-order valence-corrected chi connectivity index (χ4v) is 11.0. The first-order chi connectivity index (χ1) is 62.2. The molecule has 0 fully saturated rings. The van der Waals surface area contributed by atoms with Crippen LogP contribution in [0.2, 0.25) is 0 Å². The third-order valence-corrected chi connectivity index (χ3v) is 20.3. The lowest BCUT2D eigenvalue weighted by molar-refractivity contribution is -0.173. The summed E-state index contributed by atoms with van der Waals surface area (Å²) in [4.78, 5) is 210. The topological polar surface area (TPSA) is 473 Å². The molecule has 54 heteroatoms. The first-order valence-corrected chi connectivity index (χ1v) is 51.2. The largest absolute Gasteiger partial charge is 0.465 e. The molecule has 0 spiro atoms. The van der Waals surface area contributed by atoms with Crippen LogP contribution in [-0.2, 0) is 172 Å². The molecule has 0 saturated carbocycles. The summed E-state index contributed by atoms with van der Waals surface area (Å²) in [5, 5.41) is -0.922. The molecule has 0 rings (SSSR count). The van der Waals surface area contributed by atoms with Crippen molar-refractivity contribution in [3.05, 3.63) is 0 Å². The highest BCUT2D eigenvalue weighted by Gasteiger charge is 2.42. The van der Waals surface area contributed by atoms with E-state index in [4.69, 9.17) is 85.3 Å². The summed E-state index contributed by atoms with van der Waals surface area (Å²) in [6.07, 6.45) is 1.98. The van der Waals surface area contributed by atoms with Crippen molar-refractivity contribution in [2.24, 2.45) is 27.1 Å². The molecule has 0 aromatic carbocycles. The normalized spacial score (nSPS) is 12.3. The predicted molar refractivity (Wildman–Crippen MR) is 549 cm³/mol. The van der Waals surface area contributed by atoms with Gasteiger partial charge in [0.2, 0.25) is 0 Å². The van der Waals surface area contributed by atoms with Crippen molar-refractivity contribution in [1.82, 2.24) is 0 Å². The molecule has 0 aromatic rings. The van der Waals surface area contributed by atoms with Gasteiger partial charge < -0.3 is 85.3 Å². The van der Waals surface area contributed by atoms with Crippen LogP contribution in [0.3, 0.4) is 0 Å². The minimum absolute atomic E-state index is 0.00157. The fourth-order valence-electron chi connectivity index (χ4n) is 8.48. The van der Waals surface area contributed by atoms with Gasteiger partial charge in [-0.3, -0.25) is 86.3 Å². The molecule has 0 amide bonds. The lowest BCUT2D eigenvalue weighted by Crippen LogP contribution is -2.44. The van der Waals surface area contributed by atoms with E-state index in [1.165, 1.54) is 0 Å². The van der Waals surface area contributed by atoms with Crippen LogP contribution in [0.15, 0.2) is 0 Å². The summed E-state index contributed by atoms with van der Waals surface area (Å²) in [5.74, 6) is -8.18. The number of hydrogen-bond acceptors (Lipinski definition) is 54. The van der Waals surface area contributed by atoms with Gasteiger partial charge in [-0.1, -0.05) is 41.5 Å². The summed E-state index contributed by atoms with van der Waals surface area (Å²) in [7, 11) is 0. The van der Waals surface area contributed by atoms with Crippen molar-refractivity contribution in [3.63, 3.8) is 0 Å². The smallest absolute Gasteiger partial charge is 0.315 e. The molecule has 0 bridgehead atoms. The zero-order valence-corrected chi connectivity index (χ0v) is 90.5. The van der Waals surface area contributed by atoms with Crippen molar-refractivity contribution in [1.29, 1.82) is 0 Å². The van der Waals surface area contributed by atoms with E-state index in [0.29, 0.717) is 30.1 Å². The second kappa shape index (κ2) is 84.6. The molecular weight excluding hydrogens is 2090 g/mol. The number of carbonyl (C=O) groups is 18. The van der Waals surface area contributed by atoms with Crippen molar-refractivity contribution >= 4 is 335 Å². The second-order valence-electron chi connectivity index (χ2n) is 28.7. The lowest BCUT2D eigenvalue weighted by Gasteiger charge is -2.32. The van der Waals surface area contributed by atoms with Gasteiger partial charge in [0, 0.05) is 61.3 Å². The van der Waals surface area contributed by atoms with E-state index in [1.54, 1.807) is 27.7 Å². The Hall–Kier alpha value is -3.24. The fraction of sp³-hybridized carbons (Fsp3) is 0.769. The molecule has 4 unspecified atom stereocenters. The molecule has 0 saturated heterocycles. The van der Waals surface area contributed by atoms with Gasteiger partial charge >= 0.3 is 107 Å². The van der Waals surface area contributed by atoms with E-state index in [-0.39, 0.29) is 274 Å². The summed E-state index contributed by atoms with van der Waals surface area (Å²) in [6, 6.07) is 0. The number of hydrogen-bond donors (Lipinski definition) is 18. The van der Waals surface area contributed by atoms with Gasteiger partial charge in [-0.05, 0) is 12.8 Å². The summed E-state index contributed by atoms with van der Waals surface area (Å²) in [5.41, 5.74) is -5.40. The van der Waals surface area contributed by atoms with Gasteiger partial charge in [-0.2, -0.15) is 227 Å². The summed E-state index contributed by atoms with van der Waals surface area (Å²) >= 11 is 71.1. The maximum Gasteiger partial charge on any atom is 0.315 e. The first-order valence-electron chi connectivity index (χ1n) is 40.3. The highest BCUT2D eigenvalue weighted by molar-refractivity contribution is 7.83. The highest BCUT2D eigenvalue weighted by Crippen LogP contribution is 2.30. The van der Waals surface area contributed by atoms with Crippen LogP contribution in [0.5, 0.6) is 0 Å². The highest BCUT2D eigenvalue weighted by atomic mass is 32.1. The van der Waals surface area contributed by atoms with Gasteiger partial charge in [-0.25, -0.2) is 0 Å². The van der Waals surface area contributed by atoms with E-state index in [2.05, 4.69) is 227 Å². The van der Waals surface area contributed by atoms with Gasteiger partial charge in [0.05, 0.1) is 122 Å².